The number of benzene rings is 2. The van der Waals surface area contributed by atoms with Gasteiger partial charge in [-0.15, -0.1) is 15.0 Å². The molecule has 0 aliphatic rings. The quantitative estimate of drug-likeness (QED) is 0.738. The van der Waals surface area contributed by atoms with E-state index >= 15 is 0 Å². The summed E-state index contributed by atoms with van der Waals surface area (Å²) in [5.41, 5.74) is 3.58. The van der Waals surface area contributed by atoms with E-state index in [1.807, 2.05) is 26.0 Å². The van der Waals surface area contributed by atoms with Gasteiger partial charge in [-0.05, 0) is 43.2 Å². The maximum atomic E-state index is 10.2. The lowest BCUT2D eigenvalue weighted by molar-refractivity contribution is 0.463. The molecule has 1 N–H and O–H groups in total. The number of fused-ring (bicyclic) bond motifs is 1. The third-order valence-corrected chi connectivity index (χ3v) is 3.78. The SMILES string of the molecule is Cc1cc(C)c(O)c(-n2nc3cc(Cl)c(Cl)cc3n2)c1. The van der Waals surface area contributed by atoms with Gasteiger partial charge in [-0.1, -0.05) is 29.3 Å². The van der Waals surface area contributed by atoms with Crippen LogP contribution in [0.2, 0.25) is 10.0 Å². The molecule has 3 rings (SSSR count). The molecule has 0 aliphatic carbocycles. The molecule has 0 atom stereocenters. The fourth-order valence-corrected chi connectivity index (χ4v) is 2.43. The molecule has 1 aromatic heterocycles. The van der Waals surface area contributed by atoms with Crippen molar-refractivity contribution in [1.82, 2.24) is 15.0 Å². The number of hydrogen-bond donors (Lipinski definition) is 1. The molecule has 0 spiro atoms. The highest BCUT2D eigenvalue weighted by Gasteiger charge is 2.12. The monoisotopic (exact) mass is 307 g/mol. The molecule has 4 nitrogen and oxygen atoms in total. The van der Waals surface area contributed by atoms with Crippen LogP contribution in [0.15, 0.2) is 24.3 Å². The number of aromatic nitrogens is 3. The van der Waals surface area contributed by atoms with Gasteiger partial charge in [0.05, 0.1) is 10.0 Å². The van der Waals surface area contributed by atoms with Crippen LogP contribution in [0.4, 0.5) is 0 Å². The average molecular weight is 308 g/mol. The van der Waals surface area contributed by atoms with Crippen molar-refractivity contribution >= 4 is 34.2 Å². The highest BCUT2D eigenvalue weighted by Crippen LogP contribution is 2.29. The van der Waals surface area contributed by atoms with Gasteiger partial charge in [-0.2, -0.15) is 0 Å². The van der Waals surface area contributed by atoms with E-state index in [0.717, 1.165) is 11.1 Å². The third kappa shape index (κ3) is 2.11. The van der Waals surface area contributed by atoms with Crippen LogP contribution >= 0.6 is 23.2 Å². The number of hydrogen-bond acceptors (Lipinski definition) is 3. The average Bonchev–Trinajstić information content (AvgIpc) is 2.77. The lowest BCUT2D eigenvalue weighted by Crippen LogP contribution is -2.00. The maximum absolute atomic E-state index is 10.2. The van der Waals surface area contributed by atoms with Gasteiger partial charge in [-0.3, -0.25) is 0 Å². The van der Waals surface area contributed by atoms with Gasteiger partial charge in [0, 0.05) is 0 Å². The molecule has 1 heterocycles. The van der Waals surface area contributed by atoms with E-state index in [1.54, 1.807) is 12.1 Å². The molecule has 0 bridgehead atoms. The number of aryl methyl sites for hydroxylation is 2. The molecule has 0 radical (unpaired) electrons. The Kier molecular flexibility index (Phi) is 3.07. The number of phenols is 1. The second-order valence-electron chi connectivity index (χ2n) is 4.69. The van der Waals surface area contributed by atoms with Crippen molar-refractivity contribution in [2.75, 3.05) is 0 Å². The Labute approximate surface area is 125 Å². The van der Waals surface area contributed by atoms with Gasteiger partial charge in [-0.25, -0.2) is 0 Å². The number of halogens is 2. The highest BCUT2D eigenvalue weighted by molar-refractivity contribution is 6.42. The van der Waals surface area contributed by atoms with Crippen LogP contribution in [-0.2, 0) is 0 Å². The van der Waals surface area contributed by atoms with Crippen molar-refractivity contribution in [3.05, 3.63) is 45.4 Å². The summed E-state index contributed by atoms with van der Waals surface area (Å²) in [6.07, 6.45) is 0. The van der Waals surface area contributed by atoms with Crippen LogP contribution in [-0.4, -0.2) is 20.1 Å². The Morgan fingerprint density at radius 2 is 1.50 bits per heavy atom. The lowest BCUT2D eigenvalue weighted by Gasteiger charge is -2.07. The summed E-state index contributed by atoms with van der Waals surface area (Å²) >= 11 is 11.9. The van der Waals surface area contributed by atoms with Crippen molar-refractivity contribution in [3.8, 4) is 11.4 Å². The van der Waals surface area contributed by atoms with Gasteiger partial charge in [0.15, 0.2) is 0 Å². The molecule has 0 saturated carbocycles. The van der Waals surface area contributed by atoms with Gasteiger partial charge in [0.1, 0.15) is 22.5 Å². The van der Waals surface area contributed by atoms with Crippen LogP contribution in [0, 0.1) is 13.8 Å². The number of rotatable bonds is 1. The molecule has 102 valence electrons. The second kappa shape index (κ2) is 4.65. The Balaban J connectivity index is 2.25. The smallest absolute Gasteiger partial charge is 0.146 e. The maximum Gasteiger partial charge on any atom is 0.146 e. The first-order valence-electron chi connectivity index (χ1n) is 5.98. The summed E-state index contributed by atoms with van der Waals surface area (Å²) in [6, 6.07) is 7.03. The van der Waals surface area contributed by atoms with Gasteiger partial charge >= 0.3 is 0 Å². The fraction of sp³-hybridized carbons (Fsp3) is 0.143. The zero-order valence-electron chi connectivity index (χ0n) is 10.9. The van der Waals surface area contributed by atoms with E-state index in [1.165, 1.54) is 4.80 Å². The van der Waals surface area contributed by atoms with Crippen molar-refractivity contribution in [3.63, 3.8) is 0 Å². The molecule has 20 heavy (non-hydrogen) atoms. The molecule has 2 aromatic carbocycles. The summed E-state index contributed by atoms with van der Waals surface area (Å²) in [5.74, 6) is 0.160. The molecule has 0 amide bonds. The first-order valence-corrected chi connectivity index (χ1v) is 6.74. The number of aromatic hydroxyl groups is 1. The Morgan fingerprint density at radius 3 is 2.05 bits per heavy atom. The largest absolute Gasteiger partial charge is 0.505 e. The summed E-state index contributed by atoms with van der Waals surface area (Å²) in [4.78, 5) is 1.40. The first kappa shape index (κ1) is 13.2. The highest BCUT2D eigenvalue weighted by atomic mass is 35.5. The predicted molar refractivity (Wildman–Crippen MR) is 80.0 cm³/mol. The van der Waals surface area contributed by atoms with E-state index in [-0.39, 0.29) is 5.75 Å². The zero-order chi connectivity index (χ0) is 14.4. The zero-order valence-corrected chi connectivity index (χ0v) is 12.4. The van der Waals surface area contributed by atoms with Crippen LogP contribution in [0.25, 0.3) is 16.7 Å². The molecule has 6 heteroatoms. The summed E-state index contributed by atoms with van der Waals surface area (Å²) in [6.45, 7) is 3.79. The Bertz CT molecular complexity index is 788. The fourth-order valence-electron chi connectivity index (χ4n) is 2.11. The lowest BCUT2D eigenvalue weighted by atomic mass is 10.1. The predicted octanol–water partition coefficient (Wildman–Crippen LogP) is 4.05. The summed E-state index contributed by atoms with van der Waals surface area (Å²) in [7, 11) is 0. The normalized spacial score (nSPS) is 11.2. The molecule has 0 aliphatic heterocycles. The molecular weight excluding hydrogens is 297 g/mol. The standard InChI is InChI=1S/C14H11Cl2N3O/c1-7-3-8(2)14(20)13(4-7)19-17-11-5-9(15)10(16)6-12(11)18-19/h3-6,20H,1-2H3. The molecule has 0 saturated heterocycles. The number of phenolic OH excluding ortho intramolecular Hbond substituents is 1. The van der Waals surface area contributed by atoms with Gasteiger partial charge in [0.2, 0.25) is 0 Å². The second-order valence-corrected chi connectivity index (χ2v) is 5.51. The minimum absolute atomic E-state index is 0.160. The Hall–Kier alpha value is -1.78. The first-order chi connectivity index (χ1) is 9.45. The van der Waals surface area contributed by atoms with Crippen LogP contribution in [0.5, 0.6) is 5.75 Å². The molecule has 0 fully saturated rings. The van der Waals surface area contributed by atoms with Crippen LogP contribution in [0.1, 0.15) is 11.1 Å². The van der Waals surface area contributed by atoms with E-state index in [4.69, 9.17) is 23.2 Å². The van der Waals surface area contributed by atoms with Crippen molar-refractivity contribution in [2.24, 2.45) is 0 Å². The van der Waals surface area contributed by atoms with Crippen molar-refractivity contribution in [2.45, 2.75) is 13.8 Å². The molecular formula is C14H11Cl2N3O. The number of nitrogens with zero attached hydrogens (tertiary/aromatic N) is 3. The Morgan fingerprint density at radius 1 is 0.950 bits per heavy atom. The minimum atomic E-state index is 0.160. The van der Waals surface area contributed by atoms with Crippen LogP contribution in [0.3, 0.4) is 0 Å². The minimum Gasteiger partial charge on any atom is -0.505 e. The summed E-state index contributed by atoms with van der Waals surface area (Å²) in [5, 5.41) is 19.7. The third-order valence-electron chi connectivity index (χ3n) is 3.06. The molecule has 0 unspecified atom stereocenters. The van der Waals surface area contributed by atoms with E-state index in [2.05, 4.69) is 10.2 Å². The topological polar surface area (TPSA) is 50.9 Å². The van der Waals surface area contributed by atoms with E-state index in [0.29, 0.717) is 26.8 Å². The molecule has 3 aromatic rings. The summed E-state index contributed by atoms with van der Waals surface area (Å²) < 4.78 is 0. The van der Waals surface area contributed by atoms with Crippen molar-refractivity contribution < 1.29 is 5.11 Å². The van der Waals surface area contributed by atoms with Crippen LogP contribution < -0.4 is 0 Å². The van der Waals surface area contributed by atoms with E-state index in [9.17, 15) is 5.11 Å². The van der Waals surface area contributed by atoms with Gasteiger partial charge < -0.3 is 5.11 Å². The van der Waals surface area contributed by atoms with Gasteiger partial charge in [0.25, 0.3) is 0 Å². The van der Waals surface area contributed by atoms with E-state index < -0.39 is 0 Å². The van der Waals surface area contributed by atoms with Crippen molar-refractivity contribution in [1.29, 1.82) is 0 Å².